The van der Waals surface area contributed by atoms with E-state index in [1.165, 1.54) is 13.1 Å². The summed E-state index contributed by atoms with van der Waals surface area (Å²) in [5, 5.41) is 0.273. The number of likely N-dealkylation sites (tertiary alicyclic amines) is 1. The van der Waals surface area contributed by atoms with Crippen LogP contribution in [0.15, 0.2) is 18.2 Å². The Morgan fingerprint density at radius 2 is 1.90 bits per heavy atom. The zero-order valence-electron chi connectivity index (χ0n) is 11.5. The molecule has 1 saturated heterocycles. The minimum absolute atomic E-state index is 0.0962. The van der Waals surface area contributed by atoms with Gasteiger partial charge in [0.05, 0.1) is 22.5 Å². The Bertz CT molecular complexity index is 625. The number of anilines is 1. The monoisotopic (exact) mass is 316 g/mol. The van der Waals surface area contributed by atoms with Gasteiger partial charge in [0.15, 0.2) is 0 Å². The maximum atomic E-state index is 12.3. The fourth-order valence-corrected chi connectivity index (χ4v) is 2.91. The maximum absolute atomic E-state index is 12.3. The SMILES string of the molecule is CN(c1ccc(C(=O)N2CCCC2)c(Cl)c1)S(C)(=O)=O. The van der Waals surface area contributed by atoms with E-state index in [0.717, 1.165) is 36.5 Å². The average molecular weight is 317 g/mol. The largest absolute Gasteiger partial charge is 0.339 e. The highest BCUT2D eigenvalue weighted by atomic mass is 35.5. The van der Waals surface area contributed by atoms with E-state index in [2.05, 4.69) is 0 Å². The van der Waals surface area contributed by atoms with Gasteiger partial charge < -0.3 is 4.90 Å². The topological polar surface area (TPSA) is 57.7 Å². The Balaban J connectivity index is 2.28. The molecule has 5 nitrogen and oxygen atoms in total. The number of halogens is 1. The molecule has 7 heteroatoms. The van der Waals surface area contributed by atoms with Gasteiger partial charge in [-0.25, -0.2) is 8.42 Å². The Morgan fingerprint density at radius 3 is 2.40 bits per heavy atom. The van der Waals surface area contributed by atoms with Gasteiger partial charge in [0, 0.05) is 20.1 Å². The lowest BCUT2D eigenvalue weighted by molar-refractivity contribution is 0.0793. The summed E-state index contributed by atoms with van der Waals surface area (Å²) in [5.74, 6) is -0.0962. The molecule has 0 saturated carbocycles. The van der Waals surface area contributed by atoms with Gasteiger partial charge in [-0.15, -0.1) is 0 Å². The molecule has 110 valence electrons. The van der Waals surface area contributed by atoms with Gasteiger partial charge in [0.2, 0.25) is 10.0 Å². The van der Waals surface area contributed by atoms with Crippen molar-refractivity contribution in [3.05, 3.63) is 28.8 Å². The summed E-state index contributed by atoms with van der Waals surface area (Å²) < 4.78 is 24.1. The number of nitrogens with zero attached hydrogens (tertiary/aromatic N) is 2. The van der Waals surface area contributed by atoms with Crippen molar-refractivity contribution >= 4 is 33.2 Å². The Morgan fingerprint density at radius 1 is 1.30 bits per heavy atom. The van der Waals surface area contributed by atoms with Crippen molar-refractivity contribution in [2.24, 2.45) is 0 Å². The van der Waals surface area contributed by atoms with Crippen LogP contribution in [0.3, 0.4) is 0 Å². The molecule has 0 radical (unpaired) electrons. The van der Waals surface area contributed by atoms with Crippen LogP contribution in [-0.2, 0) is 10.0 Å². The van der Waals surface area contributed by atoms with Crippen LogP contribution in [0.25, 0.3) is 0 Å². The number of benzene rings is 1. The predicted octanol–water partition coefficient (Wildman–Crippen LogP) is 1.97. The molecule has 1 aromatic carbocycles. The summed E-state index contributed by atoms with van der Waals surface area (Å²) in [6.07, 6.45) is 3.14. The van der Waals surface area contributed by atoms with E-state index < -0.39 is 10.0 Å². The van der Waals surface area contributed by atoms with E-state index in [9.17, 15) is 13.2 Å². The Labute approximate surface area is 124 Å². The zero-order valence-corrected chi connectivity index (χ0v) is 13.0. The molecule has 0 aliphatic carbocycles. The molecule has 0 bridgehead atoms. The van der Waals surface area contributed by atoms with Crippen molar-refractivity contribution in [3.8, 4) is 0 Å². The van der Waals surface area contributed by atoms with Gasteiger partial charge in [-0.05, 0) is 31.0 Å². The summed E-state index contributed by atoms with van der Waals surface area (Å²) in [4.78, 5) is 14.0. The number of carbonyl (C=O) groups is 1. The van der Waals surface area contributed by atoms with Gasteiger partial charge in [0.25, 0.3) is 5.91 Å². The number of hydrogen-bond donors (Lipinski definition) is 0. The quantitative estimate of drug-likeness (QED) is 0.856. The molecular weight excluding hydrogens is 300 g/mol. The first kappa shape index (κ1) is 15.1. The Hall–Kier alpha value is -1.27. The van der Waals surface area contributed by atoms with Gasteiger partial charge in [0.1, 0.15) is 0 Å². The molecule has 20 heavy (non-hydrogen) atoms. The number of rotatable bonds is 3. The second kappa shape index (κ2) is 5.61. The second-order valence-electron chi connectivity index (χ2n) is 4.89. The number of hydrogen-bond acceptors (Lipinski definition) is 3. The van der Waals surface area contributed by atoms with Crippen molar-refractivity contribution in [2.75, 3.05) is 30.7 Å². The van der Waals surface area contributed by atoms with E-state index in [0.29, 0.717) is 11.3 Å². The third kappa shape index (κ3) is 3.07. The van der Waals surface area contributed by atoms with Crippen LogP contribution in [0.1, 0.15) is 23.2 Å². The standard InChI is InChI=1S/C13H17ClN2O3S/c1-15(20(2,18)19)10-5-6-11(12(14)9-10)13(17)16-7-3-4-8-16/h5-6,9H,3-4,7-8H2,1-2H3. The van der Waals surface area contributed by atoms with Crippen molar-refractivity contribution < 1.29 is 13.2 Å². The van der Waals surface area contributed by atoms with Crippen LogP contribution in [0, 0.1) is 0 Å². The van der Waals surface area contributed by atoms with Crippen LogP contribution < -0.4 is 4.31 Å². The number of sulfonamides is 1. The molecule has 0 N–H and O–H groups in total. The molecule has 0 atom stereocenters. The highest BCUT2D eigenvalue weighted by molar-refractivity contribution is 7.92. The van der Waals surface area contributed by atoms with E-state index in [1.54, 1.807) is 17.0 Å². The molecule has 2 rings (SSSR count). The Kier molecular flexibility index (Phi) is 4.25. The number of carbonyl (C=O) groups excluding carboxylic acids is 1. The first-order valence-electron chi connectivity index (χ1n) is 6.33. The van der Waals surface area contributed by atoms with Gasteiger partial charge in [-0.1, -0.05) is 11.6 Å². The molecule has 0 spiro atoms. The minimum Gasteiger partial charge on any atom is -0.339 e. The normalized spacial score (nSPS) is 15.4. The molecular formula is C13H17ClN2O3S. The van der Waals surface area contributed by atoms with Gasteiger partial charge in [-0.3, -0.25) is 9.10 Å². The van der Waals surface area contributed by atoms with E-state index >= 15 is 0 Å². The second-order valence-corrected chi connectivity index (χ2v) is 7.31. The smallest absolute Gasteiger partial charge is 0.255 e. The minimum atomic E-state index is -3.34. The first-order valence-corrected chi connectivity index (χ1v) is 8.56. The lowest BCUT2D eigenvalue weighted by Crippen LogP contribution is -2.28. The predicted molar refractivity (Wildman–Crippen MR) is 79.8 cm³/mol. The summed E-state index contributed by atoms with van der Waals surface area (Å²) in [6, 6.07) is 4.68. The summed E-state index contributed by atoms with van der Waals surface area (Å²) in [6.45, 7) is 1.50. The lowest BCUT2D eigenvalue weighted by Gasteiger charge is -2.19. The lowest BCUT2D eigenvalue weighted by atomic mass is 10.2. The van der Waals surface area contributed by atoms with Crippen LogP contribution in [0.2, 0.25) is 5.02 Å². The van der Waals surface area contributed by atoms with Crippen LogP contribution in [0.5, 0.6) is 0 Å². The fourth-order valence-electron chi connectivity index (χ4n) is 2.16. The fraction of sp³-hybridized carbons (Fsp3) is 0.462. The highest BCUT2D eigenvalue weighted by Gasteiger charge is 2.22. The molecule has 1 heterocycles. The van der Waals surface area contributed by atoms with Crippen LogP contribution in [-0.4, -0.2) is 45.6 Å². The molecule has 1 aliphatic rings. The third-order valence-corrected chi connectivity index (χ3v) is 4.96. The van der Waals surface area contributed by atoms with Gasteiger partial charge >= 0.3 is 0 Å². The number of amides is 1. The molecule has 0 unspecified atom stereocenters. The molecule has 1 amide bonds. The molecule has 0 aromatic heterocycles. The summed E-state index contributed by atoms with van der Waals surface area (Å²) >= 11 is 6.13. The van der Waals surface area contributed by atoms with Gasteiger partial charge in [-0.2, -0.15) is 0 Å². The van der Waals surface area contributed by atoms with Crippen molar-refractivity contribution in [3.63, 3.8) is 0 Å². The van der Waals surface area contributed by atoms with Crippen LogP contribution >= 0.6 is 11.6 Å². The first-order chi connectivity index (χ1) is 9.30. The van der Waals surface area contributed by atoms with E-state index in [4.69, 9.17) is 11.6 Å². The third-order valence-electron chi connectivity index (χ3n) is 3.44. The zero-order chi connectivity index (χ0) is 14.9. The molecule has 1 aromatic rings. The molecule has 1 fully saturated rings. The maximum Gasteiger partial charge on any atom is 0.255 e. The van der Waals surface area contributed by atoms with E-state index in [1.807, 2.05) is 0 Å². The van der Waals surface area contributed by atoms with E-state index in [-0.39, 0.29) is 10.9 Å². The highest BCUT2D eigenvalue weighted by Crippen LogP contribution is 2.26. The summed E-state index contributed by atoms with van der Waals surface area (Å²) in [7, 11) is -1.89. The van der Waals surface area contributed by atoms with Crippen molar-refractivity contribution in [2.45, 2.75) is 12.8 Å². The van der Waals surface area contributed by atoms with Crippen molar-refractivity contribution in [1.82, 2.24) is 4.90 Å². The average Bonchev–Trinajstić information content (AvgIpc) is 2.89. The van der Waals surface area contributed by atoms with Crippen molar-refractivity contribution in [1.29, 1.82) is 0 Å². The molecule has 1 aliphatic heterocycles. The summed E-state index contributed by atoms with van der Waals surface area (Å²) in [5.41, 5.74) is 0.856. The van der Waals surface area contributed by atoms with Crippen LogP contribution in [0.4, 0.5) is 5.69 Å².